The fourth-order valence-electron chi connectivity index (χ4n) is 1.88. The molecule has 1 heterocycles. The van der Waals surface area contributed by atoms with E-state index in [0.29, 0.717) is 11.0 Å². The van der Waals surface area contributed by atoms with Crippen molar-refractivity contribution in [3.05, 3.63) is 41.2 Å². The second-order valence-electron chi connectivity index (χ2n) is 5.04. The molecule has 0 aliphatic rings. The molecule has 6 heteroatoms. The van der Waals surface area contributed by atoms with Crippen molar-refractivity contribution in [2.45, 2.75) is 13.8 Å². The van der Waals surface area contributed by atoms with Gasteiger partial charge in [-0.1, -0.05) is 11.6 Å². The second-order valence-corrected chi connectivity index (χ2v) is 5.42. The zero-order valence-corrected chi connectivity index (χ0v) is 14.0. The molecule has 2 aromatic rings. The van der Waals surface area contributed by atoms with Crippen LogP contribution in [-0.4, -0.2) is 41.8 Å². The fraction of sp³-hybridized carbons (Fsp3) is 0.312. The van der Waals surface area contributed by atoms with Crippen LogP contribution in [0.1, 0.15) is 12.5 Å². The lowest BCUT2D eigenvalue weighted by molar-refractivity contribution is 0.552. The summed E-state index contributed by atoms with van der Waals surface area (Å²) in [6.07, 6.45) is 5.19. The Morgan fingerprint density at radius 3 is 2.55 bits per heavy atom. The Kier molecular flexibility index (Phi) is 5.33. The maximum atomic E-state index is 6.52. The third kappa shape index (κ3) is 3.74. The summed E-state index contributed by atoms with van der Waals surface area (Å²) in [5.74, 6) is 0.593. The Balaban J connectivity index is 2.40. The lowest BCUT2D eigenvalue weighted by Gasteiger charge is -2.20. The largest absolute Gasteiger partial charge is 0.366 e. The van der Waals surface area contributed by atoms with Crippen LogP contribution in [-0.2, 0) is 0 Å². The van der Waals surface area contributed by atoms with E-state index < -0.39 is 0 Å². The summed E-state index contributed by atoms with van der Waals surface area (Å²) >= 11 is 6.52. The van der Waals surface area contributed by atoms with Crippen molar-refractivity contribution < 1.29 is 0 Å². The van der Waals surface area contributed by atoms with E-state index >= 15 is 0 Å². The Morgan fingerprint density at radius 1 is 1.23 bits per heavy atom. The molecule has 0 aliphatic heterocycles. The molecule has 0 fully saturated rings. The normalized spacial score (nSPS) is 11.0. The van der Waals surface area contributed by atoms with E-state index in [2.05, 4.69) is 21.9 Å². The summed E-state index contributed by atoms with van der Waals surface area (Å²) in [5.41, 5.74) is 2.65. The molecule has 0 unspecified atom stereocenters. The molecule has 5 nitrogen and oxygen atoms in total. The first-order chi connectivity index (χ1) is 10.5. The minimum Gasteiger partial charge on any atom is -0.366 e. The van der Waals surface area contributed by atoms with Crippen molar-refractivity contribution in [2.24, 2.45) is 4.99 Å². The van der Waals surface area contributed by atoms with E-state index in [0.717, 1.165) is 23.5 Å². The number of nitrogens with zero attached hydrogens (tertiary/aromatic N) is 5. The first-order valence-electron chi connectivity index (χ1n) is 7.08. The highest BCUT2D eigenvalue weighted by Gasteiger charge is 2.14. The fourth-order valence-corrected chi connectivity index (χ4v) is 2.17. The number of aryl methyl sites for hydroxylation is 1. The molecule has 0 saturated carbocycles. The molecule has 0 N–H and O–H groups in total. The van der Waals surface area contributed by atoms with Gasteiger partial charge in [0.2, 0.25) is 5.95 Å². The SMILES string of the molecule is CCN(C)/C=N\c1cc(C)cc(N(C)c2ncccn2)c1Cl. The maximum Gasteiger partial charge on any atom is 0.229 e. The van der Waals surface area contributed by atoms with Gasteiger partial charge in [0.05, 0.1) is 22.7 Å². The smallest absolute Gasteiger partial charge is 0.229 e. The first kappa shape index (κ1) is 16.2. The third-order valence-corrected chi connectivity index (χ3v) is 3.67. The van der Waals surface area contributed by atoms with Gasteiger partial charge in [0.15, 0.2) is 0 Å². The molecule has 0 spiro atoms. The quantitative estimate of drug-likeness (QED) is 0.621. The van der Waals surface area contributed by atoms with E-state index in [1.165, 1.54) is 0 Å². The van der Waals surface area contributed by atoms with Gasteiger partial charge in [-0.2, -0.15) is 0 Å². The average molecular weight is 318 g/mol. The molecular formula is C16H20ClN5. The Bertz CT molecular complexity index is 657. The number of hydrogen-bond acceptors (Lipinski definition) is 4. The molecule has 0 radical (unpaired) electrons. The number of anilines is 2. The molecule has 0 bridgehead atoms. The summed E-state index contributed by atoms with van der Waals surface area (Å²) in [6.45, 7) is 4.97. The van der Waals surface area contributed by atoms with Crippen molar-refractivity contribution in [1.29, 1.82) is 0 Å². The van der Waals surface area contributed by atoms with Crippen molar-refractivity contribution in [1.82, 2.24) is 14.9 Å². The zero-order chi connectivity index (χ0) is 16.1. The predicted octanol–water partition coefficient (Wildman–Crippen LogP) is 3.82. The van der Waals surface area contributed by atoms with E-state index in [9.17, 15) is 0 Å². The number of halogens is 1. The topological polar surface area (TPSA) is 44.6 Å². The van der Waals surface area contributed by atoms with Crippen molar-refractivity contribution in [2.75, 3.05) is 25.5 Å². The summed E-state index contributed by atoms with van der Waals surface area (Å²) in [6, 6.07) is 5.75. The molecule has 1 aromatic heterocycles. The van der Waals surface area contributed by atoms with Crippen LogP contribution in [0.2, 0.25) is 5.02 Å². The van der Waals surface area contributed by atoms with Gasteiger partial charge in [-0.15, -0.1) is 0 Å². The molecule has 2 rings (SSSR count). The van der Waals surface area contributed by atoms with Crippen LogP contribution >= 0.6 is 11.6 Å². The van der Waals surface area contributed by atoms with Crippen LogP contribution in [0, 0.1) is 6.92 Å². The summed E-state index contributed by atoms with van der Waals surface area (Å²) in [4.78, 5) is 16.8. The zero-order valence-electron chi connectivity index (χ0n) is 13.3. The number of hydrogen-bond donors (Lipinski definition) is 0. The lowest BCUT2D eigenvalue weighted by atomic mass is 10.2. The van der Waals surface area contributed by atoms with Crippen LogP contribution in [0.25, 0.3) is 0 Å². The molecule has 22 heavy (non-hydrogen) atoms. The van der Waals surface area contributed by atoms with Crippen LogP contribution in [0.3, 0.4) is 0 Å². The molecule has 0 amide bonds. The van der Waals surface area contributed by atoms with Gasteiger partial charge in [-0.25, -0.2) is 15.0 Å². The van der Waals surface area contributed by atoms with E-state index in [4.69, 9.17) is 11.6 Å². The number of benzene rings is 1. The average Bonchev–Trinajstić information content (AvgIpc) is 2.55. The van der Waals surface area contributed by atoms with Gasteiger partial charge in [0, 0.05) is 33.0 Å². The van der Waals surface area contributed by atoms with E-state index in [-0.39, 0.29) is 0 Å². The maximum absolute atomic E-state index is 6.52. The molecule has 116 valence electrons. The van der Waals surface area contributed by atoms with Gasteiger partial charge in [0.1, 0.15) is 0 Å². The molecule has 0 atom stereocenters. The number of aliphatic imine (C=N–C) groups is 1. The van der Waals surface area contributed by atoms with Gasteiger partial charge >= 0.3 is 0 Å². The highest BCUT2D eigenvalue weighted by molar-refractivity contribution is 6.36. The monoisotopic (exact) mass is 317 g/mol. The van der Waals surface area contributed by atoms with Crippen LogP contribution in [0.15, 0.2) is 35.6 Å². The predicted molar refractivity (Wildman–Crippen MR) is 92.7 cm³/mol. The summed E-state index contributed by atoms with van der Waals surface area (Å²) in [7, 11) is 3.86. The minimum absolute atomic E-state index is 0.585. The summed E-state index contributed by atoms with van der Waals surface area (Å²) < 4.78 is 0. The highest BCUT2D eigenvalue weighted by atomic mass is 35.5. The Labute approximate surface area is 136 Å². The number of aromatic nitrogens is 2. The molecule has 1 aromatic carbocycles. The van der Waals surface area contributed by atoms with Gasteiger partial charge in [-0.05, 0) is 37.6 Å². The van der Waals surface area contributed by atoms with Crippen molar-refractivity contribution in [3.63, 3.8) is 0 Å². The van der Waals surface area contributed by atoms with Crippen LogP contribution in [0.4, 0.5) is 17.3 Å². The van der Waals surface area contributed by atoms with Gasteiger partial charge < -0.3 is 9.80 Å². The van der Waals surface area contributed by atoms with Gasteiger partial charge in [0.25, 0.3) is 0 Å². The first-order valence-corrected chi connectivity index (χ1v) is 7.46. The standard InChI is InChI=1S/C16H20ClN5/c1-5-21(3)11-20-13-9-12(2)10-14(15(13)17)22(4)16-18-7-6-8-19-16/h6-11H,5H2,1-4H3/b20-11-. The highest BCUT2D eigenvalue weighted by Crippen LogP contribution is 2.37. The molecule has 0 saturated heterocycles. The van der Waals surface area contributed by atoms with E-state index in [1.807, 2.05) is 43.0 Å². The Hall–Kier alpha value is -2.14. The molecular weight excluding hydrogens is 298 g/mol. The minimum atomic E-state index is 0.585. The lowest BCUT2D eigenvalue weighted by Crippen LogP contribution is -2.15. The third-order valence-electron chi connectivity index (χ3n) is 3.28. The summed E-state index contributed by atoms with van der Waals surface area (Å²) in [5, 5.41) is 0.585. The van der Waals surface area contributed by atoms with Crippen molar-refractivity contribution >= 4 is 35.3 Å². The van der Waals surface area contributed by atoms with Crippen LogP contribution < -0.4 is 4.90 Å². The van der Waals surface area contributed by atoms with Crippen molar-refractivity contribution in [3.8, 4) is 0 Å². The van der Waals surface area contributed by atoms with Crippen LogP contribution in [0.5, 0.6) is 0 Å². The van der Waals surface area contributed by atoms with E-state index in [1.54, 1.807) is 24.8 Å². The van der Waals surface area contributed by atoms with Gasteiger partial charge in [-0.3, -0.25) is 0 Å². The second kappa shape index (κ2) is 7.22. The number of rotatable bonds is 5. The molecule has 0 aliphatic carbocycles. The Morgan fingerprint density at radius 2 is 1.91 bits per heavy atom.